The highest BCUT2D eigenvalue weighted by Crippen LogP contribution is 2.43. The molecule has 0 amide bonds. The van der Waals surface area contributed by atoms with Crippen molar-refractivity contribution in [1.82, 2.24) is 0 Å². The van der Waals surface area contributed by atoms with E-state index in [9.17, 15) is 0 Å². The second kappa shape index (κ2) is 3.09. The molecular formula is C8H17NO2. The largest absolute Gasteiger partial charge is 0.394 e. The van der Waals surface area contributed by atoms with Crippen LogP contribution in [0.1, 0.15) is 26.2 Å². The second-order valence-electron chi connectivity index (χ2n) is 4.02. The molecular weight excluding hydrogens is 142 g/mol. The molecule has 3 heteroatoms. The standard InChI is InChI=1S/C8H17NO2/c1-8(2-6(9)3-8)4-7(11)5-10/h6-7,10-11H,2-5,9H2,1H3. The van der Waals surface area contributed by atoms with Gasteiger partial charge in [0.05, 0.1) is 12.7 Å². The quantitative estimate of drug-likeness (QED) is 0.537. The Balaban J connectivity index is 2.26. The molecule has 11 heavy (non-hydrogen) atoms. The lowest BCUT2D eigenvalue weighted by atomic mass is 9.64. The van der Waals surface area contributed by atoms with Gasteiger partial charge in [0.1, 0.15) is 0 Å². The molecule has 0 radical (unpaired) electrons. The minimum Gasteiger partial charge on any atom is -0.394 e. The third kappa shape index (κ3) is 2.15. The molecule has 0 heterocycles. The smallest absolute Gasteiger partial charge is 0.0776 e. The van der Waals surface area contributed by atoms with Crippen molar-refractivity contribution >= 4 is 0 Å². The number of rotatable bonds is 3. The van der Waals surface area contributed by atoms with Gasteiger partial charge in [0, 0.05) is 6.04 Å². The molecule has 0 aromatic carbocycles. The van der Waals surface area contributed by atoms with E-state index in [0.717, 1.165) is 12.8 Å². The summed E-state index contributed by atoms with van der Waals surface area (Å²) in [4.78, 5) is 0. The van der Waals surface area contributed by atoms with Crippen molar-refractivity contribution in [3.8, 4) is 0 Å². The van der Waals surface area contributed by atoms with E-state index in [4.69, 9.17) is 15.9 Å². The van der Waals surface area contributed by atoms with Crippen molar-refractivity contribution in [2.45, 2.75) is 38.3 Å². The van der Waals surface area contributed by atoms with E-state index in [0.29, 0.717) is 12.5 Å². The summed E-state index contributed by atoms with van der Waals surface area (Å²) in [6.45, 7) is 1.97. The Morgan fingerprint density at radius 3 is 2.55 bits per heavy atom. The summed E-state index contributed by atoms with van der Waals surface area (Å²) in [5, 5.41) is 17.8. The Kier molecular flexibility index (Phi) is 2.52. The van der Waals surface area contributed by atoms with Crippen LogP contribution in [0.15, 0.2) is 0 Å². The van der Waals surface area contributed by atoms with Crippen molar-refractivity contribution in [2.24, 2.45) is 11.1 Å². The molecule has 0 bridgehead atoms. The summed E-state index contributed by atoms with van der Waals surface area (Å²) >= 11 is 0. The Labute approximate surface area is 67.2 Å². The van der Waals surface area contributed by atoms with Gasteiger partial charge < -0.3 is 15.9 Å². The lowest BCUT2D eigenvalue weighted by Gasteiger charge is -2.44. The first kappa shape index (κ1) is 8.97. The van der Waals surface area contributed by atoms with Gasteiger partial charge in [-0.2, -0.15) is 0 Å². The molecule has 1 aliphatic carbocycles. The summed E-state index contributed by atoms with van der Waals surface area (Å²) in [7, 11) is 0. The molecule has 0 aliphatic heterocycles. The molecule has 0 spiro atoms. The first-order valence-electron chi connectivity index (χ1n) is 4.10. The third-order valence-electron chi connectivity index (χ3n) is 2.45. The molecule has 1 fully saturated rings. The molecule has 66 valence electrons. The molecule has 1 atom stereocenters. The molecule has 0 aromatic rings. The van der Waals surface area contributed by atoms with Gasteiger partial charge in [0.2, 0.25) is 0 Å². The average Bonchev–Trinajstić information content (AvgIpc) is 1.84. The van der Waals surface area contributed by atoms with Crippen molar-refractivity contribution in [2.75, 3.05) is 6.61 Å². The zero-order valence-electron chi connectivity index (χ0n) is 6.95. The van der Waals surface area contributed by atoms with Gasteiger partial charge in [-0.1, -0.05) is 6.92 Å². The Hall–Kier alpha value is -0.120. The van der Waals surface area contributed by atoms with Gasteiger partial charge in [-0.15, -0.1) is 0 Å². The second-order valence-corrected chi connectivity index (χ2v) is 4.02. The SMILES string of the molecule is CC1(CC(O)CO)CC(N)C1. The highest BCUT2D eigenvalue weighted by atomic mass is 16.3. The fourth-order valence-corrected chi connectivity index (χ4v) is 2.01. The predicted molar refractivity (Wildman–Crippen MR) is 43.0 cm³/mol. The van der Waals surface area contributed by atoms with Crippen LogP contribution in [0.25, 0.3) is 0 Å². The Morgan fingerprint density at radius 1 is 1.64 bits per heavy atom. The first-order chi connectivity index (χ1) is 5.06. The van der Waals surface area contributed by atoms with Crippen molar-refractivity contribution in [1.29, 1.82) is 0 Å². The van der Waals surface area contributed by atoms with E-state index in [1.54, 1.807) is 0 Å². The van der Waals surface area contributed by atoms with Crippen LogP contribution in [0.2, 0.25) is 0 Å². The van der Waals surface area contributed by atoms with E-state index in [1.165, 1.54) is 0 Å². The van der Waals surface area contributed by atoms with Gasteiger partial charge in [-0.05, 0) is 24.7 Å². The number of aliphatic hydroxyl groups is 2. The van der Waals surface area contributed by atoms with Crippen LogP contribution >= 0.6 is 0 Å². The molecule has 4 N–H and O–H groups in total. The maximum Gasteiger partial charge on any atom is 0.0776 e. The van der Waals surface area contributed by atoms with Crippen LogP contribution in [0.4, 0.5) is 0 Å². The lowest BCUT2D eigenvalue weighted by Crippen LogP contribution is -2.46. The molecule has 1 aliphatic rings. The molecule has 3 nitrogen and oxygen atoms in total. The van der Waals surface area contributed by atoms with Crippen LogP contribution in [-0.4, -0.2) is 29.0 Å². The number of hydrogen-bond donors (Lipinski definition) is 3. The topological polar surface area (TPSA) is 66.5 Å². The van der Waals surface area contributed by atoms with E-state index in [2.05, 4.69) is 6.92 Å². The minimum absolute atomic E-state index is 0.134. The fourth-order valence-electron chi connectivity index (χ4n) is 2.01. The number of nitrogens with two attached hydrogens (primary N) is 1. The van der Waals surface area contributed by atoms with Crippen LogP contribution in [0, 0.1) is 5.41 Å². The summed E-state index contributed by atoms with van der Waals surface area (Å²) in [6, 6.07) is 0.311. The van der Waals surface area contributed by atoms with Gasteiger partial charge >= 0.3 is 0 Å². The summed E-state index contributed by atoms with van der Waals surface area (Å²) in [5.74, 6) is 0. The first-order valence-corrected chi connectivity index (χ1v) is 4.10. The van der Waals surface area contributed by atoms with Gasteiger partial charge in [-0.3, -0.25) is 0 Å². The van der Waals surface area contributed by atoms with E-state index in [1.807, 2.05) is 0 Å². The van der Waals surface area contributed by atoms with Crippen LogP contribution in [0.5, 0.6) is 0 Å². The molecule has 1 unspecified atom stereocenters. The third-order valence-corrected chi connectivity index (χ3v) is 2.45. The van der Waals surface area contributed by atoms with E-state index < -0.39 is 6.10 Å². The molecule has 1 rings (SSSR count). The Bertz CT molecular complexity index is 132. The minimum atomic E-state index is -0.563. The number of aliphatic hydroxyl groups excluding tert-OH is 2. The highest BCUT2D eigenvalue weighted by molar-refractivity contribution is 4.93. The molecule has 1 saturated carbocycles. The summed E-state index contributed by atoms with van der Waals surface area (Å²) in [5.41, 5.74) is 5.81. The fraction of sp³-hybridized carbons (Fsp3) is 1.00. The van der Waals surface area contributed by atoms with Crippen molar-refractivity contribution < 1.29 is 10.2 Å². The zero-order valence-corrected chi connectivity index (χ0v) is 6.95. The monoisotopic (exact) mass is 159 g/mol. The maximum atomic E-state index is 9.15. The van der Waals surface area contributed by atoms with Crippen LogP contribution in [0.3, 0.4) is 0 Å². The van der Waals surface area contributed by atoms with E-state index in [-0.39, 0.29) is 12.0 Å². The highest BCUT2D eigenvalue weighted by Gasteiger charge is 2.39. The van der Waals surface area contributed by atoms with Crippen molar-refractivity contribution in [3.63, 3.8) is 0 Å². The average molecular weight is 159 g/mol. The van der Waals surface area contributed by atoms with Gasteiger partial charge in [0.25, 0.3) is 0 Å². The summed E-state index contributed by atoms with van der Waals surface area (Å²) < 4.78 is 0. The molecule has 0 saturated heterocycles. The maximum absolute atomic E-state index is 9.15. The van der Waals surface area contributed by atoms with Crippen LogP contribution < -0.4 is 5.73 Å². The molecule has 0 aromatic heterocycles. The zero-order chi connectivity index (χ0) is 8.48. The predicted octanol–water partition coefficient (Wildman–Crippen LogP) is -0.143. The van der Waals surface area contributed by atoms with E-state index >= 15 is 0 Å². The normalized spacial score (nSPS) is 39.8. The summed E-state index contributed by atoms with van der Waals surface area (Å²) in [6.07, 6.45) is 2.07. The van der Waals surface area contributed by atoms with Crippen LogP contribution in [-0.2, 0) is 0 Å². The lowest BCUT2D eigenvalue weighted by molar-refractivity contribution is 0.0126. The Morgan fingerprint density at radius 2 is 2.18 bits per heavy atom. The van der Waals surface area contributed by atoms with Gasteiger partial charge in [0.15, 0.2) is 0 Å². The van der Waals surface area contributed by atoms with Gasteiger partial charge in [-0.25, -0.2) is 0 Å². The van der Waals surface area contributed by atoms with Crippen molar-refractivity contribution in [3.05, 3.63) is 0 Å². The number of hydrogen-bond acceptors (Lipinski definition) is 3.